The van der Waals surface area contributed by atoms with Crippen molar-refractivity contribution in [3.05, 3.63) is 76.2 Å². The molecule has 1 amide bonds. The summed E-state index contributed by atoms with van der Waals surface area (Å²) in [6, 6.07) is 17.4. The maximum absolute atomic E-state index is 12.0. The maximum Gasteiger partial charge on any atom is 0.258 e. The van der Waals surface area contributed by atoms with E-state index in [-0.39, 0.29) is 12.5 Å². The molecular weight excluding hydrogens is 348 g/mol. The number of thiazole rings is 1. The Hall–Kier alpha value is -2.86. The number of nitrogens with one attached hydrogen (secondary N) is 1. The molecule has 0 saturated carbocycles. The largest absolute Gasteiger partial charge is 0.493 e. The molecule has 1 aromatic heterocycles. The lowest BCUT2D eigenvalue weighted by Crippen LogP contribution is -2.28. The van der Waals surface area contributed by atoms with Gasteiger partial charge in [0.2, 0.25) is 0 Å². The second-order valence-corrected chi connectivity index (χ2v) is 6.55. The third-order valence-electron chi connectivity index (χ3n) is 3.69. The van der Waals surface area contributed by atoms with Gasteiger partial charge >= 0.3 is 0 Å². The molecule has 0 saturated heterocycles. The fourth-order valence-electron chi connectivity index (χ4n) is 2.40. The second-order valence-electron chi connectivity index (χ2n) is 5.61. The van der Waals surface area contributed by atoms with Gasteiger partial charge in [0.05, 0.1) is 24.4 Å². The van der Waals surface area contributed by atoms with Crippen molar-refractivity contribution in [2.24, 2.45) is 0 Å². The van der Waals surface area contributed by atoms with E-state index >= 15 is 0 Å². The Labute approximate surface area is 156 Å². The number of hydrogen-bond acceptors (Lipinski definition) is 5. The summed E-state index contributed by atoms with van der Waals surface area (Å²) in [5.41, 5.74) is 2.08. The number of hydrogen-bond donors (Lipinski definition) is 1. The first-order chi connectivity index (χ1) is 12.7. The van der Waals surface area contributed by atoms with Crippen LogP contribution in [0.3, 0.4) is 0 Å². The zero-order valence-corrected chi connectivity index (χ0v) is 15.3. The van der Waals surface area contributed by atoms with Gasteiger partial charge in [0.25, 0.3) is 5.91 Å². The summed E-state index contributed by atoms with van der Waals surface area (Å²) < 4.78 is 10.7. The zero-order chi connectivity index (χ0) is 18.2. The lowest BCUT2D eigenvalue weighted by molar-refractivity contribution is -0.123. The molecule has 6 heteroatoms. The zero-order valence-electron chi connectivity index (χ0n) is 14.5. The molecular formula is C20H20N2O3S. The number of methoxy groups -OCH3 is 1. The Morgan fingerprint density at radius 1 is 1.08 bits per heavy atom. The Kier molecular flexibility index (Phi) is 6.22. The summed E-state index contributed by atoms with van der Waals surface area (Å²) in [4.78, 5) is 16.6. The summed E-state index contributed by atoms with van der Waals surface area (Å²) >= 11 is 1.60. The number of aromatic nitrogens is 1. The molecule has 0 radical (unpaired) electrons. The van der Waals surface area contributed by atoms with Crippen LogP contribution in [0, 0.1) is 0 Å². The highest BCUT2D eigenvalue weighted by atomic mass is 32.1. The first kappa shape index (κ1) is 17.9. The van der Waals surface area contributed by atoms with E-state index in [1.165, 1.54) is 5.56 Å². The smallest absolute Gasteiger partial charge is 0.258 e. The summed E-state index contributed by atoms with van der Waals surface area (Å²) in [5.74, 6) is 0.947. The van der Waals surface area contributed by atoms with Gasteiger partial charge in [-0.3, -0.25) is 4.79 Å². The van der Waals surface area contributed by atoms with E-state index in [1.807, 2.05) is 35.7 Å². The van der Waals surface area contributed by atoms with Gasteiger partial charge in [-0.1, -0.05) is 42.5 Å². The average Bonchev–Trinajstić information content (AvgIpc) is 3.13. The molecule has 26 heavy (non-hydrogen) atoms. The maximum atomic E-state index is 12.0. The minimum absolute atomic E-state index is 0.0681. The van der Waals surface area contributed by atoms with Crippen molar-refractivity contribution in [3.8, 4) is 11.5 Å². The predicted molar refractivity (Wildman–Crippen MR) is 102 cm³/mol. The monoisotopic (exact) mass is 368 g/mol. The lowest BCUT2D eigenvalue weighted by Gasteiger charge is -2.10. The lowest BCUT2D eigenvalue weighted by atomic mass is 10.2. The quantitative estimate of drug-likeness (QED) is 0.662. The van der Waals surface area contributed by atoms with Crippen molar-refractivity contribution in [3.63, 3.8) is 0 Å². The SMILES string of the molecule is COc1ccccc1OCC(=O)NCc1csc(Cc2ccccc2)n1. The van der Waals surface area contributed by atoms with Gasteiger partial charge in [0.1, 0.15) is 0 Å². The average molecular weight is 368 g/mol. The predicted octanol–water partition coefficient (Wildman–Crippen LogP) is 3.44. The third-order valence-corrected chi connectivity index (χ3v) is 4.59. The Balaban J connectivity index is 1.46. The number of rotatable bonds is 8. The van der Waals surface area contributed by atoms with Crippen molar-refractivity contribution in [1.29, 1.82) is 0 Å². The second kappa shape index (κ2) is 9.01. The number of amides is 1. The molecule has 0 aliphatic rings. The van der Waals surface area contributed by atoms with Crippen LogP contribution in [0.5, 0.6) is 11.5 Å². The molecule has 1 N–H and O–H groups in total. The summed E-state index contributed by atoms with van der Waals surface area (Å²) in [6.07, 6.45) is 0.802. The van der Waals surface area contributed by atoms with E-state index in [1.54, 1.807) is 30.6 Å². The summed E-state index contributed by atoms with van der Waals surface area (Å²) in [6.45, 7) is 0.320. The highest BCUT2D eigenvalue weighted by Gasteiger charge is 2.08. The summed E-state index contributed by atoms with van der Waals surface area (Å²) in [7, 11) is 1.57. The van der Waals surface area contributed by atoms with Gasteiger partial charge in [0.15, 0.2) is 18.1 Å². The van der Waals surface area contributed by atoms with Crippen LogP contribution in [-0.4, -0.2) is 24.6 Å². The number of para-hydroxylation sites is 2. The molecule has 3 aromatic rings. The van der Waals surface area contributed by atoms with Gasteiger partial charge < -0.3 is 14.8 Å². The molecule has 134 valence electrons. The number of nitrogens with zero attached hydrogens (tertiary/aromatic N) is 1. The van der Waals surface area contributed by atoms with Crippen molar-refractivity contribution in [2.45, 2.75) is 13.0 Å². The van der Waals surface area contributed by atoms with Crippen molar-refractivity contribution < 1.29 is 14.3 Å². The van der Waals surface area contributed by atoms with E-state index < -0.39 is 0 Å². The topological polar surface area (TPSA) is 60.5 Å². The molecule has 3 rings (SSSR count). The van der Waals surface area contributed by atoms with Crippen LogP contribution < -0.4 is 14.8 Å². The van der Waals surface area contributed by atoms with E-state index in [2.05, 4.69) is 22.4 Å². The molecule has 0 bridgehead atoms. The van der Waals surface area contributed by atoms with Crippen LogP contribution in [0.4, 0.5) is 0 Å². The van der Waals surface area contributed by atoms with Crippen molar-refractivity contribution >= 4 is 17.2 Å². The minimum Gasteiger partial charge on any atom is -0.493 e. The number of ether oxygens (including phenoxy) is 2. The molecule has 2 aromatic carbocycles. The summed E-state index contributed by atoms with van der Waals surface area (Å²) in [5, 5.41) is 5.83. The van der Waals surface area contributed by atoms with Crippen molar-refractivity contribution in [1.82, 2.24) is 10.3 Å². The fraction of sp³-hybridized carbons (Fsp3) is 0.200. The van der Waals surface area contributed by atoms with Crippen molar-refractivity contribution in [2.75, 3.05) is 13.7 Å². The number of carbonyl (C=O) groups is 1. The normalized spacial score (nSPS) is 10.3. The van der Waals surface area contributed by atoms with Crippen LogP contribution >= 0.6 is 11.3 Å². The van der Waals surface area contributed by atoms with E-state index in [9.17, 15) is 4.79 Å². The first-order valence-corrected chi connectivity index (χ1v) is 9.12. The van der Waals surface area contributed by atoms with Crippen LogP contribution in [0.2, 0.25) is 0 Å². The van der Waals surface area contributed by atoms with Gasteiger partial charge in [-0.05, 0) is 17.7 Å². The van der Waals surface area contributed by atoms with Gasteiger partial charge in [-0.2, -0.15) is 0 Å². The molecule has 0 spiro atoms. The fourth-order valence-corrected chi connectivity index (χ4v) is 3.23. The van der Waals surface area contributed by atoms with Gasteiger partial charge in [0, 0.05) is 11.8 Å². The molecule has 0 unspecified atom stereocenters. The van der Waals surface area contributed by atoms with E-state index in [0.717, 1.165) is 17.1 Å². The van der Waals surface area contributed by atoms with Crippen LogP contribution in [0.25, 0.3) is 0 Å². The standard InChI is InChI=1S/C20H20N2O3S/c1-24-17-9-5-6-10-18(17)25-13-19(23)21-12-16-14-26-20(22-16)11-15-7-3-2-4-8-15/h2-10,14H,11-13H2,1H3,(H,21,23). The first-order valence-electron chi connectivity index (χ1n) is 8.24. The minimum atomic E-state index is -0.200. The molecule has 1 heterocycles. The van der Waals surface area contributed by atoms with Gasteiger partial charge in [-0.25, -0.2) is 4.98 Å². The number of benzene rings is 2. The molecule has 0 aliphatic carbocycles. The van der Waals surface area contributed by atoms with Crippen LogP contribution in [-0.2, 0) is 17.8 Å². The molecule has 0 atom stereocenters. The Morgan fingerprint density at radius 3 is 2.58 bits per heavy atom. The highest BCUT2D eigenvalue weighted by Crippen LogP contribution is 2.25. The Bertz CT molecular complexity index is 849. The molecule has 0 fully saturated rings. The molecule has 0 aliphatic heterocycles. The van der Waals surface area contributed by atoms with Crippen LogP contribution in [0.15, 0.2) is 60.0 Å². The highest BCUT2D eigenvalue weighted by molar-refractivity contribution is 7.09. The molecule has 5 nitrogen and oxygen atoms in total. The van der Waals surface area contributed by atoms with E-state index in [0.29, 0.717) is 18.0 Å². The Morgan fingerprint density at radius 2 is 1.81 bits per heavy atom. The third kappa shape index (κ3) is 5.07. The van der Waals surface area contributed by atoms with E-state index in [4.69, 9.17) is 9.47 Å². The van der Waals surface area contributed by atoms with Gasteiger partial charge in [-0.15, -0.1) is 11.3 Å². The van der Waals surface area contributed by atoms with Crippen LogP contribution in [0.1, 0.15) is 16.3 Å². The number of carbonyl (C=O) groups excluding carboxylic acids is 1.